The van der Waals surface area contributed by atoms with Crippen LogP contribution in [0.3, 0.4) is 0 Å². The number of thioether (sulfide) groups is 1. The van der Waals surface area contributed by atoms with E-state index in [0.29, 0.717) is 0 Å². The molecule has 0 aromatic heterocycles. The minimum Gasteiger partial charge on any atom is -0.355 e. The zero-order valence-corrected chi connectivity index (χ0v) is 7.08. The van der Waals surface area contributed by atoms with Gasteiger partial charge in [-0.15, -0.1) is 11.8 Å². The van der Waals surface area contributed by atoms with Crippen LogP contribution in [0.2, 0.25) is 0 Å². The number of hydrogen-bond acceptors (Lipinski definition) is 2. The maximum atomic E-state index is 5.29. The van der Waals surface area contributed by atoms with Crippen LogP contribution in [0.4, 0.5) is 0 Å². The molecule has 0 bridgehead atoms. The van der Waals surface area contributed by atoms with Gasteiger partial charge in [-0.05, 0) is 29.5 Å². The van der Waals surface area contributed by atoms with Crippen LogP contribution < -0.4 is 0 Å². The van der Waals surface area contributed by atoms with Crippen molar-refractivity contribution < 1.29 is 4.74 Å². The number of rotatable bonds is 0. The third kappa shape index (κ3) is 1.77. The lowest BCUT2D eigenvalue weighted by Gasteiger charge is -2.10. The van der Waals surface area contributed by atoms with Crippen molar-refractivity contribution in [3.63, 3.8) is 0 Å². The first-order chi connectivity index (χ1) is 3.21. The molecule has 0 radical (unpaired) electrons. The number of ether oxygens (including phenoxy) is 1. The predicted octanol–water partition coefficient (Wildman–Crippen LogP) is 1.86. The van der Waals surface area contributed by atoms with E-state index >= 15 is 0 Å². The van der Waals surface area contributed by atoms with Gasteiger partial charge in [0.05, 0.1) is 6.61 Å². The summed E-state index contributed by atoms with van der Waals surface area (Å²) < 4.78 is 5.37. The Morgan fingerprint density at radius 1 is 1.86 bits per heavy atom. The quantitative estimate of drug-likeness (QED) is 0.464. The third-order valence-corrected chi connectivity index (χ3v) is 3.05. The molecule has 1 fully saturated rings. The summed E-state index contributed by atoms with van der Waals surface area (Å²) in [4.78, 5) is 0. The van der Waals surface area contributed by atoms with E-state index in [1.54, 1.807) is 0 Å². The van der Waals surface area contributed by atoms with Gasteiger partial charge in [0, 0.05) is 5.75 Å². The van der Waals surface area contributed by atoms with Gasteiger partial charge in [-0.3, -0.25) is 0 Å². The minimum absolute atomic E-state index is 0.0811. The molecule has 0 saturated carbocycles. The lowest BCUT2D eigenvalue weighted by molar-refractivity contribution is 0.144. The summed E-state index contributed by atoms with van der Waals surface area (Å²) >= 11 is 4.17. The largest absolute Gasteiger partial charge is 0.355 e. The van der Waals surface area contributed by atoms with Crippen molar-refractivity contribution in [1.82, 2.24) is 0 Å². The Labute approximate surface area is 61.3 Å². The lowest BCUT2D eigenvalue weighted by atomic mass is 10.8. The molecule has 7 heavy (non-hydrogen) atoms. The molecule has 0 unspecified atom stereocenters. The molecule has 42 valence electrons. The highest BCUT2D eigenvalue weighted by Crippen LogP contribution is 2.37. The topological polar surface area (TPSA) is 9.23 Å². The van der Waals surface area contributed by atoms with Gasteiger partial charge in [-0.2, -0.15) is 0 Å². The van der Waals surface area contributed by atoms with Gasteiger partial charge >= 0.3 is 0 Å². The van der Waals surface area contributed by atoms with Crippen LogP contribution in [-0.2, 0) is 4.74 Å². The first-order valence-electron chi connectivity index (χ1n) is 2.17. The van der Waals surface area contributed by atoms with Gasteiger partial charge in [-0.25, -0.2) is 0 Å². The molecule has 0 aromatic rings. The Balaban J connectivity index is 2.40. The van der Waals surface area contributed by atoms with Crippen LogP contribution in [0.5, 0.6) is 0 Å². The van der Waals surface area contributed by atoms with E-state index in [2.05, 4.69) is 29.5 Å². The van der Waals surface area contributed by atoms with Crippen LogP contribution in [0.25, 0.3) is 0 Å². The van der Waals surface area contributed by atoms with E-state index in [1.807, 2.05) is 11.8 Å². The van der Waals surface area contributed by atoms with E-state index < -0.39 is 0 Å². The van der Waals surface area contributed by atoms with Gasteiger partial charge in [-0.1, -0.05) is 0 Å². The Kier molecular flexibility index (Phi) is 1.86. The van der Waals surface area contributed by atoms with Crippen LogP contribution in [0.1, 0.15) is 6.92 Å². The van der Waals surface area contributed by atoms with Gasteiger partial charge in [0.15, 0.2) is 2.94 Å². The zero-order valence-electron chi connectivity index (χ0n) is 4.11. The molecule has 0 aliphatic carbocycles. The van der Waals surface area contributed by atoms with Crippen LogP contribution in [-0.4, -0.2) is 15.3 Å². The average molecular weight is 230 g/mol. The Bertz CT molecular complexity index is 66.1. The van der Waals surface area contributed by atoms with Crippen molar-refractivity contribution in [3.8, 4) is 0 Å². The Hall–Kier alpha value is 1.04. The maximum Gasteiger partial charge on any atom is 0.162 e. The second-order valence-corrected chi connectivity index (χ2v) is 5.80. The lowest BCUT2D eigenvalue weighted by Crippen LogP contribution is -2.06. The van der Waals surface area contributed by atoms with Crippen molar-refractivity contribution in [2.75, 3.05) is 12.4 Å². The molecule has 1 atom stereocenters. The van der Waals surface area contributed by atoms with Crippen LogP contribution >= 0.6 is 34.4 Å². The standard InChI is InChI=1S/C4H7IOS/c1-4(5)6-2-3-7-4/h2-3H2,1H3/t4-/m0/s1. The summed E-state index contributed by atoms with van der Waals surface area (Å²) in [7, 11) is 0. The fourth-order valence-electron chi connectivity index (χ4n) is 0.490. The highest BCUT2D eigenvalue weighted by molar-refractivity contribution is 14.1. The van der Waals surface area contributed by atoms with Crippen molar-refractivity contribution in [3.05, 3.63) is 0 Å². The maximum absolute atomic E-state index is 5.29. The van der Waals surface area contributed by atoms with E-state index in [1.165, 1.54) is 0 Å². The van der Waals surface area contributed by atoms with Gasteiger partial charge in [0.1, 0.15) is 0 Å². The van der Waals surface area contributed by atoms with Gasteiger partial charge in [0.2, 0.25) is 0 Å². The zero-order chi connectivity index (χ0) is 5.33. The predicted molar refractivity (Wildman–Crippen MR) is 40.8 cm³/mol. The Morgan fingerprint density at radius 3 is 2.71 bits per heavy atom. The van der Waals surface area contributed by atoms with Crippen molar-refractivity contribution >= 4 is 34.4 Å². The minimum atomic E-state index is 0.0811. The molecule has 0 aromatic carbocycles. The van der Waals surface area contributed by atoms with Crippen molar-refractivity contribution in [2.45, 2.75) is 9.86 Å². The molecule has 0 N–H and O–H groups in total. The van der Waals surface area contributed by atoms with E-state index in [4.69, 9.17) is 4.74 Å². The number of hydrogen-bond donors (Lipinski definition) is 0. The molecule has 1 nitrogen and oxygen atoms in total. The van der Waals surface area contributed by atoms with E-state index in [-0.39, 0.29) is 2.94 Å². The number of halogens is 1. The summed E-state index contributed by atoms with van der Waals surface area (Å²) in [6.45, 7) is 3.01. The smallest absolute Gasteiger partial charge is 0.162 e. The molecule has 1 saturated heterocycles. The fourth-order valence-corrected chi connectivity index (χ4v) is 2.07. The summed E-state index contributed by atoms with van der Waals surface area (Å²) in [5, 5.41) is 0. The van der Waals surface area contributed by atoms with Crippen molar-refractivity contribution in [1.29, 1.82) is 0 Å². The van der Waals surface area contributed by atoms with Crippen molar-refractivity contribution in [2.24, 2.45) is 0 Å². The van der Waals surface area contributed by atoms with Gasteiger partial charge < -0.3 is 4.74 Å². The normalized spacial score (nSPS) is 42.0. The molecule has 0 spiro atoms. The summed E-state index contributed by atoms with van der Waals surface area (Å²) in [5.41, 5.74) is 0. The monoisotopic (exact) mass is 230 g/mol. The first kappa shape index (κ1) is 6.16. The summed E-state index contributed by atoms with van der Waals surface area (Å²) in [6, 6.07) is 0. The first-order valence-corrected chi connectivity index (χ1v) is 4.24. The number of alkyl halides is 1. The highest BCUT2D eigenvalue weighted by Gasteiger charge is 2.25. The molecule has 1 aliphatic rings. The van der Waals surface area contributed by atoms with E-state index in [0.717, 1.165) is 12.4 Å². The highest BCUT2D eigenvalue weighted by atomic mass is 127. The SMILES string of the molecule is C[C@]1(I)OCCS1. The molecule has 1 heterocycles. The summed E-state index contributed by atoms with van der Waals surface area (Å²) in [5.74, 6) is 1.15. The molecule has 3 heteroatoms. The second-order valence-electron chi connectivity index (χ2n) is 1.53. The molecule has 1 rings (SSSR count). The van der Waals surface area contributed by atoms with E-state index in [9.17, 15) is 0 Å². The van der Waals surface area contributed by atoms with Gasteiger partial charge in [0.25, 0.3) is 0 Å². The molecule has 1 aliphatic heterocycles. The average Bonchev–Trinajstić information content (AvgIpc) is 1.84. The Morgan fingerprint density at radius 2 is 2.57 bits per heavy atom. The molecular weight excluding hydrogens is 223 g/mol. The third-order valence-electron chi connectivity index (χ3n) is 0.803. The summed E-state index contributed by atoms with van der Waals surface area (Å²) in [6.07, 6.45) is 0. The van der Waals surface area contributed by atoms with Crippen LogP contribution in [0, 0.1) is 0 Å². The second kappa shape index (κ2) is 2.11. The fraction of sp³-hybridized carbons (Fsp3) is 1.00. The van der Waals surface area contributed by atoms with Crippen LogP contribution in [0.15, 0.2) is 0 Å². The molecule has 0 amide bonds. The molecular formula is C4H7IOS.